The maximum absolute atomic E-state index is 10.7. The van der Waals surface area contributed by atoms with Gasteiger partial charge in [-0.15, -0.1) is 0 Å². The van der Waals surface area contributed by atoms with Crippen molar-refractivity contribution in [3.05, 3.63) is 0 Å². The molecule has 0 saturated carbocycles. The number of carboxylic acids is 1. The Kier molecular flexibility index (Phi) is 5.48. The largest absolute Gasteiger partial charge is 0.480 e. The van der Waals surface area contributed by atoms with Crippen molar-refractivity contribution in [1.82, 2.24) is 5.06 Å². The molecule has 1 amide bonds. The lowest BCUT2D eigenvalue weighted by molar-refractivity contribution is -0.184. The third-order valence-corrected chi connectivity index (χ3v) is 2.14. The Balaban J connectivity index is 4.24. The molecule has 0 aliphatic carbocycles. The van der Waals surface area contributed by atoms with E-state index in [1.165, 1.54) is 11.8 Å². The quantitative estimate of drug-likeness (QED) is 0.505. The lowest BCUT2D eigenvalue weighted by atomic mass is 10.2. The predicted molar refractivity (Wildman–Crippen MR) is 48.7 cm³/mol. The highest BCUT2D eigenvalue weighted by molar-refractivity contribution is 7.98. The SMILES string of the molecule is CSCC[C@@H](C(=O)O)N(O)C(C)=O. The van der Waals surface area contributed by atoms with Crippen molar-refractivity contribution < 1.29 is 19.9 Å². The van der Waals surface area contributed by atoms with Crippen LogP contribution in [0.5, 0.6) is 0 Å². The van der Waals surface area contributed by atoms with Crippen molar-refractivity contribution in [1.29, 1.82) is 0 Å². The van der Waals surface area contributed by atoms with Gasteiger partial charge in [-0.2, -0.15) is 11.8 Å². The van der Waals surface area contributed by atoms with E-state index in [0.717, 1.165) is 6.92 Å². The van der Waals surface area contributed by atoms with Crippen LogP contribution < -0.4 is 0 Å². The summed E-state index contributed by atoms with van der Waals surface area (Å²) in [6.45, 7) is 1.12. The first-order valence-corrected chi connectivity index (χ1v) is 5.10. The second kappa shape index (κ2) is 5.82. The number of carbonyl (C=O) groups is 2. The monoisotopic (exact) mass is 207 g/mol. The highest BCUT2D eigenvalue weighted by Crippen LogP contribution is 2.06. The van der Waals surface area contributed by atoms with Crippen LogP contribution in [0, 0.1) is 0 Å². The Morgan fingerprint density at radius 1 is 1.54 bits per heavy atom. The van der Waals surface area contributed by atoms with E-state index >= 15 is 0 Å². The summed E-state index contributed by atoms with van der Waals surface area (Å²) >= 11 is 1.46. The molecule has 0 aromatic heterocycles. The molecule has 5 nitrogen and oxygen atoms in total. The zero-order chi connectivity index (χ0) is 10.4. The number of hydrogen-bond acceptors (Lipinski definition) is 4. The highest BCUT2D eigenvalue weighted by atomic mass is 32.2. The molecule has 76 valence electrons. The van der Waals surface area contributed by atoms with Gasteiger partial charge in [0.1, 0.15) is 0 Å². The number of hydroxylamine groups is 2. The minimum Gasteiger partial charge on any atom is -0.480 e. The van der Waals surface area contributed by atoms with E-state index in [0.29, 0.717) is 5.75 Å². The van der Waals surface area contributed by atoms with Crippen LogP contribution >= 0.6 is 11.8 Å². The highest BCUT2D eigenvalue weighted by Gasteiger charge is 2.25. The summed E-state index contributed by atoms with van der Waals surface area (Å²) in [7, 11) is 0. The molecule has 0 aromatic carbocycles. The molecule has 0 aromatic rings. The molecule has 0 unspecified atom stereocenters. The smallest absolute Gasteiger partial charge is 0.329 e. The number of amides is 1. The Hall–Kier alpha value is -0.750. The standard InChI is InChI=1S/C7H13NO4S/c1-5(9)8(12)6(7(10)11)3-4-13-2/h6,12H,3-4H2,1-2H3,(H,10,11)/t6-/m0/s1. The van der Waals surface area contributed by atoms with Crippen LogP contribution in [0.4, 0.5) is 0 Å². The predicted octanol–water partition coefficient (Wildman–Crippen LogP) is 0.430. The van der Waals surface area contributed by atoms with Crippen molar-refractivity contribution in [2.45, 2.75) is 19.4 Å². The van der Waals surface area contributed by atoms with Crippen molar-refractivity contribution in [2.24, 2.45) is 0 Å². The van der Waals surface area contributed by atoms with Crippen LogP contribution in [0.2, 0.25) is 0 Å². The normalized spacial score (nSPS) is 12.2. The van der Waals surface area contributed by atoms with Crippen molar-refractivity contribution in [2.75, 3.05) is 12.0 Å². The lowest BCUT2D eigenvalue weighted by Crippen LogP contribution is -2.42. The van der Waals surface area contributed by atoms with Gasteiger partial charge in [-0.1, -0.05) is 0 Å². The summed E-state index contributed by atoms with van der Waals surface area (Å²) in [4.78, 5) is 21.2. The fraction of sp³-hybridized carbons (Fsp3) is 0.714. The molecule has 0 rings (SSSR count). The van der Waals surface area contributed by atoms with E-state index in [1.54, 1.807) is 0 Å². The van der Waals surface area contributed by atoms with E-state index in [9.17, 15) is 9.59 Å². The average Bonchev–Trinajstić information content (AvgIpc) is 2.04. The molecular weight excluding hydrogens is 194 g/mol. The van der Waals surface area contributed by atoms with Gasteiger partial charge in [-0.05, 0) is 18.4 Å². The minimum atomic E-state index is -1.19. The second-order valence-electron chi connectivity index (χ2n) is 2.50. The van der Waals surface area contributed by atoms with Gasteiger partial charge in [0.15, 0.2) is 6.04 Å². The number of aliphatic carboxylic acids is 1. The molecule has 0 saturated heterocycles. The second-order valence-corrected chi connectivity index (χ2v) is 3.48. The number of thioether (sulfide) groups is 1. The molecule has 1 atom stereocenters. The van der Waals surface area contributed by atoms with Gasteiger partial charge in [-0.25, -0.2) is 9.86 Å². The van der Waals surface area contributed by atoms with E-state index in [4.69, 9.17) is 10.3 Å². The van der Waals surface area contributed by atoms with Crippen LogP contribution in [0.1, 0.15) is 13.3 Å². The maximum Gasteiger partial charge on any atom is 0.329 e. The molecule has 2 N–H and O–H groups in total. The van der Waals surface area contributed by atoms with Crippen molar-refractivity contribution in [3.63, 3.8) is 0 Å². The molecule has 0 radical (unpaired) electrons. The zero-order valence-electron chi connectivity index (χ0n) is 7.56. The fourth-order valence-corrected chi connectivity index (χ4v) is 1.26. The first-order chi connectivity index (χ1) is 6.00. The van der Waals surface area contributed by atoms with Gasteiger partial charge in [0.05, 0.1) is 0 Å². The van der Waals surface area contributed by atoms with Crippen LogP contribution in [-0.4, -0.2) is 45.3 Å². The van der Waals surface area contributed by atoms with Crippen LogP contribution in [0.25, 0.3) is 0 Å². The van der Waals surface area contributed by atoms with Crippen LogP contribution in [0.3, 0.4) is 0 Å². The van der Waals surface area contributed by atoms with Gasteiger partial charge in [0, 0.05) is 6.92 Å². The molecule has 0 aliphatic rings. The molecular formula is C7H13NO4S. The van der Waals surface area contributed by atoms with Gasteiger partial charge in [0.25, 0.3) is 0 Å². The van der Waals surface area contributed by atoms with Crippen molar-refractivity contribution >= 4 is 23.6 Å². The summed E-state index contributed by atoms with van der Waals surface area (Å²) in [6.07, 6.45) is 2.07. The first kappa shape index (κ1) is 12.2. The summed E-state index contributed by atoms with van der Waals surface area (Å²) in [5.74, 6) is -1.26. The number of hydrogen-bond donors (Lipinski definition) is 2. The summed E-state index contributed by atoms with van der Waals surface area (Å²) in [6, 6.07) is -1.13. The van der Waals surface area contributed by atoms with Crippen LogP contribution in [-0.2, 0) is 9.59 Å². The molecule has 13 heavy (non-hydrogen) atoms. The third-order valence-electron chi connectivity index (χ3n) is 1.50. The number of carbonyl (C=O) groups excluding carboxylic acids is 1. The molecule has 0 aliphatic heterocycles. The summed E-state index contributed by atoms with van der Waals surface area (Å²) in [5.41, 5.74) is 0. The first-order valence-electron chi connectivity index (χ1n) is 3.71. The van der Waals surface area contributed by atoms with E-state index in [2.05, 4.69) is 0 Å². The Bertz CT molecular complexity index is 197. The molecule has 0 fully saturated rings. The van der Waals surface area contributed by atoms with Gasteiger partial charge >= 0.3 is 5.97 Å². The summed E-state index contributed by atoms with van der Waals surface area (Å²) in [5, 5.41) is 18.0. The minimum absolute atomic E-state index is 0.243. The van der Waals surface area contributed by atoms with Gasteiger partial charge < -0.3 is 5.11 Å². The van der Waals surface area contributed by atoms with Crippen molar-refractivity contribution in [3.8, 4) is 0 Å². The average molecular weight is 207 g/mol. The lowest BCUT2D eigenvalue weighted by Gasteiger charge is -2.20. The third kappa shape index (κ3) is 4.14. The van der Waals surface area contributed by atoms with Gasteiger partial charge in [-0.3, -0.25) is 10.0 Å². The topological polar surface area (TPSA) is 77.8 Å². The Morgan fingerprint density at radius 2 is 2.08 bits per heavy atom. The Labute approximate surface area is 80.7 Å². The number of carboxylic acid groups (broad SMARTS) is 1. The number of nitrogens with zero attached hydrogens (tertiary/aromatic N) is 1. The van der Waals surface area contributed by atoms with E-state index < -0.39 is 17.9 Å². The fourth-order valence-electron chi connectivity index (χ4n) is 0.799. The van der Waals surface area contributed by atoms with E-state index in [1.807, 2.05) is 6.26 Å². The van der Waals surface area contributed by atoms with E-state index in [-0.39, 0.29) is 11.5 Å². The Morgan fingerprint density at radius 3 is 2.38 bits per heavy atom. The van der Waals surface area contributed by atoms with Crippen LogP contribution in [0.15, 0.2) is 0 Å². The molecule has 0 bridgehead atoms. The maximum atomic E-state index is 10.7. The summed E-state index contributed by atoms with van der Waals surface area (Å²) < 4.78 is 0. The molecule has 0 heterocycles. The van der Waals surface area contributed by atoms with Gasteiger partial charge in [0.2, 0.25) is 5.91 Å². The molecule has 0 spiro atoms. The number of rotatable bonds is 5. The molecule has 6 heteroatoms. The zero-order valence-corrected chi connectivity index (χ0v) is 8.37.